The Morgan fingerprint density at radius 2 is 1.83 bits per heavy atom. The molecule has 0 fully saturated rings. The second-order valence-corrected chi connectivity index (χ2v) is 7.02. The van der Waals surface area contributed by atoms with Crippen LogP contribution in [0.25, 0.3) is 0 Å². The van der Waals surface area contributed by atoms with E-state index in [-0.39, 0.29) is 17.6 Å². The van der Waals surface area contributed by atoms with Crippen molar-refractivity contribution in [2.45, 2.75) is 64.2 Å². The molecule has 0 nitrogen and oxygen atoms in total. The molecule has 0 radical (unpaired) electrons. The van der Waals surface area contributed by atoms with Crippen LogP contribution in [0.2, 0.25) is 0 Å². The van der Waals surface area contributed by atoms with Crippen LogP contribution in [0.4, 0.5) is 8.78 Å². The highest BCUT2D eigenvalue weighted by Crippen LogP contribution is 2.34. The van der Waals surface area contributed by atoms with Gasteiger partial charge in [0.15, 0.2) is 0 Å². The molecule has 2 aromatic carbocycles. The first-order chi connectivity index (χ1) is 11.7. The topological polar surface area (TPSA) is 0 Å². The smallest absolute Gasteiger partial charge is 0.126 e. The van der Waals surface area contributed by atoms with Crippen molar-refractivity contribution in [2.24, 2.45) is 0 Å². The van der Waals surface area contributed by atoms with Gasteiger partial charge in [0.25, 0.3) is 0 Å². The van der Waals surface area contributed by atoms with Crippen LogP contribution in [0.1, 0.15) is 67.2 Å². The number of unbranched alkanes of at least 4 members (excludes halogenated alkanes) is 3. The lowest BCUT2D eigenvalue weighted by molar-refractivity contribution is 0.529. The van der Waals surface area contributed by atoms with Gasteiger partial charge < -0.3 is 0 Å². The quantitative estimate of drug-likeness (QED) is 0.541. The van der Waals surface area contributed by atoms with Crippen LogP contribution in [0.5, 0.6) is 0 Å². The van der Waals surface area contributed by atoms with E-state index in [0.717, 1.165) is 48.8 Å². The van der Waals surface area contributed by atoms with Crippen molar-refractivity contribution >= 4 is 0 Å². The van der Waals surface area contributed by atoms with Crippen molar-refractivity contribution in [2.75, 3.05) is 0 Å². The average molecular weight is 328 g/mol. The Kier molecular flexibility index (Phi) is 5.65. The minimum absolute atomic E-state index is 0.0900. The molecule has 1 aliphatic carbocycles. The highest BCUT2D eigenvalue weighted by Gasteiger charge is 2.23. The molecule has 3 rings (SSSR count). The number of fused-ring (bicyclic) bond motifs is 1. The number of benzene rings is 2. The molecule has 1 unspecified atom stereocenters. The summed E-state index contributed by atoms with van der Waals surface area (Å²) in [6, 6.07) is 10.7. The Morgan fingerprint density at radius 1 is 0.958 bits per heavy atom. The first-order valence-corrected chi connectivity index (χ1v) is 9.23. The summed E-state index contributed by atoms with van der Waals surface area (Å²) < 4.78 is 28.0. The number of aryl methyl sites for hydroxylation is 2. The monoisotopic (exact) mass is 328 g/mol. The fourth-order valence-electron chi connectivity index (χ4n) is 3.80. The lowest BCUT2D eigenvalue weighted by Gasteiger charge is -2.25. The van der Waals surface area contributed by atoms with Crippen LogP contribution in [0.15, 0.2) is 36.4 Å². The summed E-state index contributed by atoms with van der Waals surface area (Å²) in [5.74, 6) is -0.126. The Morgan fingerprint density at radius 3 is 2.62 bits per heavy atom. The first-order valence-electron chi connectivity index (χ1n) is 9.23. The highest BCUT2D eigenvalue weighted by atomic mass is 19.1. The van der Waals surface area contributed by atoms with E-state index in [1.165, 1.54) is 30.9 Å². The maximum Gasteiger partial charge on any atom is 0.126 e. The maximum atomic E-state index is 14.6. The van der Waals surface area contributed by atoms with E-state index in [1.807, 2.05) is 12.1 Å². The normalized spacial score (nSPS) is 16.9. The van der Waals surface area contributed by atoms with Gasteiger partial charge in [-0.1, -0.05) is 44.4 Å². The molecule has 0 saturated carbocycles. The molecular weight excluding hydrogens is 302 g/mol. The van der Waals surface area contributed by atoms with Gasteiger partial charge in [0, 0.05) is 0 Å². The maximum absolute atomic E-state index is 14.6. The lowest BCUT2D eigenvalue weighted by Crippen LogP contribution is -2.14. The van der Waals surface area contributed by atoms with Crippen LogP contribution in [-0.2, 0) is 19.3 Å². The van der Waals surface area contributed by atoms with Crippen LogP contribution in [-0.4, -0.2) is 0 Å². The van der Waals surface area contributed by atoms with Crippen LogP contribution >= 0.6 is 0 Å². The van der Waals surface area contributed by atoms with E-state index in [2.05, 4.69) is 13.0 Å². The van der Waals surface area contributed by atoms with Crippen LogP contribution < -0.4 is 0 Å². The molecule has 0 N–H and O–H groups in total. The molecule has 1 atom stereocenters. The average Bonchev–Trinajstić information content (AvgIpc) is 2.58. The molecule has 0 aromatic heterocycles. The summed E-state index contributed by atoms with van der Waals surface area (Å²) in [5, 5.41) is 0. The third-order valence-electron chi connectivity index (χ3n) is 5.22. The molecule has 24 heavy (non-hydrogen) atoms. The van der Waals surface area contributed by atoms with Gasteiger partial charge in [0.05, 0.1) is 0 Å². The number of rotatable bonds is 6. The summed E-state index contributed by atoms with van der Waals surface area (Å²) in [5.41, 5.74) is 4.13. The minimum Gasteiger partial charge on any atom is -0.207 e. The standard InChI is InChI=1S/C22H26F2/c1-2-3-4-5-6-16-7-12-21(22(24)13-16)18-9-8-17-10-11-20(23)15-19(17)14-18/h7,10-13,15,18H,2-6,8-9,14H2,1H3. The predicted molar refractivity (Wildman–Crippen MR) is 95.4 cm³/mol. The molecule has 2 heteroatoms. The van der Waals surface area contributed by atoms with Crippen molar-refractivity contribution in [1.82, 2.24) is 0 Å². The molecule has 1 aliphatic rings. The third kappa shape index (κ3) is 4.03. The molecule has 0 amide bonds. The SMILES string of the molecule is CCCCCCc1ccc(C2CCc3ccc(F)cc3C2)c(F)c1. The van der Waals surface area contributed by atoms with Gasteiger partial charge in [-0.05, 0) is 78.5 Å². The van der Waals surface area contributed by atoms with Crippen LogP contribution in [0, 0.1) is 11.6 Å². The molecule has 0 spiro atoms. The van der Waals surface area contributed by atoms with Crippen molar-refractivity contribution in [3.63, 3.8) is 0 Å². The molecule has 0 heterocycles. The van der Waals surface area contributed by atoms with E-state index >= 15 is 0 Å². The summed E-state index contributed by atoms with van der Waals surface area (Å²) in [7, 11) is 0. The van der Waals surface area contributed by atoms with Crippen molar-refractivity contribution < 1.29 is 8.78 Å². The largest absolute Gasteiger partial charge is 0.207 e. The van der Waals surface area contributed by atoms with Crippen molar-refractivity contribution in [3.05, 3.63) is 70.3 Å². The van der Waals surface area contributed by atoms with E-state index in [1.54, 1.807) is 12.1 Å². The van der Waals surface area contributed by atoms with Gasteiger partial charge in [-0.25, -0.2) is 8.78 Å². The van der Waals surface area contributed by atoms with Gasteiger partial charge in [0.2, 0.25) is 0 Å². The Balaban J connectivity index is 1.69. The summed E-state index contributed by atoms with van der Waals surface area (Å²) in [4.78, 5) is 0. The van der Waals surface area contributed by atoms with Crippen molar-refractivity contribution in [3.8, 4) is 0 Å². The zero-order chi connectivity index (χ0) is 16.9. The Bertz CT molecular complexity index is 690. The molecular formula is C22H26F2. The first kappa shape index (κ1) is 17.1. The lowest BCUT2D eigenvalue weighted by atomic mass is 9.80. The number of halogens is 2. The van der Waals surface area contributed by atoms with Gasteiger partial charge in [-0.15, -0.1) is 0 Å². The molecule has 0 aliphatic heterocycles. The zero-order valence-corrected chi connectivity index (χ0v) is 14.5. The van der Waals surface area contributed by atoms with Gasteiger partial charge in [0.1, 0.15) is 11.6 Å². The van der Waals surface area contributed by atoms with Gasteiger partial charge >= 0.3 is 0 Å². The van der Waals surface area contributed by atoms with Gasteiger partial charge in [-0.2, -0.15) is 0 Å². The highest BCUT2D eigenvalue weighted by molar-refractivity contribution is 5.36. The predicted octanol–water partition coefficient (Wildman–Crippen LogP) is 6.36. The second-order valence-electron chi connectivity index (χ2n) is 7.02. The van der Waals surface area contributed by atoms with E-state index in [0.29, 0.717) is 0 Å². The van der Waals surface area contributed by atoms with Gasteiger partial charge in [-0.3, -0.25) is 0 Å². The zero-order valence-electron chi connectivity index (χ0n) is 14.5. The number of hydrogen-bond acceptors (Lipinski definition) is 0. The van der Waals surface area contributed by atoms with Crippen molar-refractivity contribution in [1.29, 1.82) is 0 Å². The molecule has 128 valence electrons. The molecule has 0 bridgehead atoms. The van der Waals surface area contributed by atoms with E-state index in [9.17, 15) is 8.78 Å². The summed E-state index contributed by atoms with van der Waals surface area (Å²) >= 11 is 0. The summed E-state index contributed by atoms with van der Waals surface area (Å²) in [6.45, 7) is 2.20. The fraction of sp³-hybridized carbons (Fsp3) is 0.455. The fourth-order valence-corrected chi connectivity index (χ4v) is 3.80. The van der Waals surface area contributed by atoms with Crippen LogP contribution in [0.3, 0.4) is 0 Å². The van der Waals surface area contributed by atoms with E-state index < -0.39 is 0 Å². The second kappa shape index (κ2) is 7.92. The third-order valence-corrected chi connectivity index (χ3v) is 5.22. The molecule has 2 aromatic rings. The number of hydrogen-bond donors (Lipinski definition) is 0. The minimum atomic E-state index is -0.197. The summed E-state index contributed by atoms with van der Waals surface area (Å²) in [6.07, 6.45) is 8.34. The molecule has 0 saturated heterocycles. The van der Waals surface area contributed by atoms with E-state index in [4.69, 9.17) is 0 Å². The Hall–Kier alpha value is -1.70. The Labute approximate surface area is 143 Å².